The molecule has 3 unspecified atom stereocenters. The minimum Gasteiger partial charge on any atom is -0.477 e. The molecule has 0 bridgehead atoms. The quantitative estimate of drug-likeness (QED) is 0.803. The van der Waals surface area contributed by atoms with Crippen LogP contribution < -0.4 is 15.6 Å². The van der Waals surface area contributed by atoms with Gasteiger partial charge in [-0.25, -0.2) is 9.18 Å². The Morgan fingerprint density at radius 1 is 1.43 bits per heavy atom. The first-order valence-corrected chi connectivity index (χ1v) is 10.6. The van der Waals surface area contributed by atoms with Crippen LogP contribution in [-0.4, -0.2) is 41.3 Å². The first kappa shape index (κ1) is 18.0. The van der Waals surface area contributed by atoms with Crippen molar-refractivity contribution in [1.29, 1.82) is 0 Å². The Kier molecular flexibility index (Phi) is 4.00. The van der Waals surface area contributed by atoms with E-state index < -0.39 is 17.2 Å². The lowest BCUT2D eigenvalue weighted by molar-refractivity contribution is 0.0689. The summed E-state index contributed by atoms with van der Waals surface area (Å²) in [6.07, 6.45) is 3.59. The number of halogens is 1. The number of aryl methyl sites for hydroxylation is 1. The molecule has 3 atom stereocenters. The van der Waals surface area contributed by atoms with Crippen LogP contribution in [0.5, 0.6) is 0 Å². The standard InChI is InChI=1S/C20H22FN3O3S/c1-9-24-16-12-5-3-4-11-6-10(22-2)8-23(11)17(12)14(21)7-13(16)18(25)15(20(26)27)19(24)28-9/h7,9-11,22H,3-6,8H2,1-2H3,(H,26,27). The molecule has 28 heavy (non-hydrogen) atoms. The summed E-state index contributed by atoms with van der Waals surface area (Å²) in [7, 11) is 1.93. The monoisotopic (exact) mass is 403 g/mol. The summed E-state index contributed by atoms with van der Waals surface area (Å²) in [6.45, 7) is 2.72. The van der Waals surface area contributed by atoms with E-state index in [1.807, 2.05) is 18.5 Å². The Morgan fingerprint density at radius 3 is 2.89 bits per heavy atom. The maximum absolute atomic E-state index is 15.3. The molecule has 4 heterocycles. The second-order valence-corrected chi connectivity index (χ2v) is 9.21. The SMILES string of the molecule is CNC1CC2CCCc3c(c(F)cc4c(=O)c(C(=O)O)c5n(c34)C(C)S5)N2C1. The van der Waals surface area contributed by atoms with E-state index in [9.17, 15) is 14.7 Å². The molecule has 1 fully saturated rings. The normalized spacial score (nSPS) is 25.7. The Labute approximate surface area is 165 Å². The van der Waals surface area contributed by atoms with Gasteiger partial charge in [0.1, 0.15) is 11.4 Å². The Hall–Kier alpha value is -2.06. The molecule has 2 aromatic rings. The van der Waals surface area contributed by atoms with Gasteiger partial charge in [-0.05, 0) is 45.7 Å². The van der Waals surface area contributed by atoms with Gasteiger partial charge in [0, 0.05) is 24.2 Å². The van der Waals surface area contributed by atoms with Gasteiger partial charge < -0.3 is 19.9 Å². The van der Waals surface area contributed by atoms with Gasteiger partial charge >= 0.3 is 5.97 Å². The average Bonchev–Trinajstić information content (AvgIpc) is 2.96. The number of carbonyl (C=O) groups is 1. The fraction of sp³-hybridized carbons (Fsp3) is 0.500. The van der Waals surface area contributed by atoms with Crippen LogP contribution in [0, 0.1) is 5.82 Å². The fourth-order valence-corrected chi connectivity index (χ4v) is 6.28. The number of fused-ring (bicyclic) bond motifs is 7. The third-order valence-electron chi connectivity index (χ3n) is 6.40. The third kappa shape index (κ3) is 2.30. The van der Waals surface area contributed by atoms with Crippen molar-refractivity contribution < 1.29 is 14.3 Å². The highest BCUT2D eigenvalue weighted by atomic mass is 32.2. The number of thioether (sulfide) groups is 1. The Morgan fingerprint density at radius 2 is 2.21 bits per heavy atom. The number of aromatic nitrogens is 1. The number of benzene rings is 1. The van der Waals surface area contributed by atoms with Crippen molar-refractivity contribution in [2.24, 2.45) is 0 Å². The summed E-state index contributed by atoms with van der Waals surface area (Å²) in [5, 5.41) is 13.6. The minimum atomic E-state index is -1.25. The van der Waals surface area contributed by atoms with Crippen LogP contribution in [0.25, 0.3) is 10.9 Å². The van der Waals surface area contributed by atoms with Crippen LogP contribution in [-0.2, 0) is 6.42 Å². The molecular formula is C20H22FN3O3S. The molecule has 0 radical (unpaired) electrons. The van der Waals surface area contributed by atoms with Crippen LogP contribution in [0.15, 0.2) is 15.9 Å². The van der Waals surface area contributed by atoms with Crippen LogP contribution in [0.4, 0.5) is 10.1 Å². The molecule has 0 saturated carbocycles. The lowest BCUT2D eigenvalue weighted by Crippen LogP contribution is -2.33. The van der Waals surface area contributed by atoms with Crippen molar-refractivity contribution in [3.8, 4) is 0 Å². The van der Waals surface area contributed by atoms with Crippen LogP contribution in [0.2, 0.25) is 0 Å². The number of anilines is 1. The molecule has 5 rings (SSSR count). The summed E-state index contributed by atoms with van der Waals surface area (Å²) >= 11 is 1.39. The van der Waals surface area contributed by atoms with Crippen molar-refractivity contribution in [1.82, 2.24) is 9.88 Å². The zero-order valence-corrected chi connectivity index (χ0v) is 16.6. The predicted octanol–water partition coefficient (Wildman–Crippen LogP) is 2.97. The molecule has 0 amide bonds. The van der Waals surface area contributed by atoms with Crippen molar-refractivity contribution in [3.63, 3.8) is 0 Å². The zero-order chi connectivity index (χ0) is 19.7. The molecular weight excluding hydrogens is 381 g/mol. The number of pyridine rings is 1. The van der Waals surface area contributed by atoms with Crippen molar-refractivity contribution in [3.05, 3.63) is 33.2 Å². The lowest BCUT2D eigenvalue weighted by atomic mass is 9.99. The summed E-state index contributed by atoms with van der Waals surface area (Å²) in [4.78, 5) is 26.8. The third-order valence-corrected chi connectivity index (χ3v) is 7.58. The topological polar surface area (TPSA) is 74.6 Å². The van der Waals surface area contributed by atoms with Crippen molar-refractivity contribution in [2.45, 2.75) is 55.1 Å². The molecule has 1 aromatic heterocycles. The maximum atomic E-state index is 15.3. The number of carboxylic acids is 1. The molecule has 2 N–H and O–H groups in total. The van der Waals surface area contributed by atoms with Crippen LogP contribution >= 0.6 is 11.8 Å². The van der Waals surface area contributed by atoms with Crippen LogP contribution in [0.1, 0.15) is 47.5 Å². The van der Waals surface area contributed by atoms with Crippen molar-refractivity contribution in [2.75, 3.05) is 18.5 Å². The summed E-state index contributed by atoms with van der Waals surface area (Å²) in [6, 6.07) is 1.87. The zero-order valence-electron chi connectivity index (χ0n) is 15.8. The van der Waals surface area contributed by atoms with E-state index in [1.54, 1.807) is 0 Å². The fourth-order valence-electron chi connectivity index (χ4n) is 5.14. The molecule has 148 valence electrons. The number of aromatic carboxylic acids is 1. The number of nitrogens with zero attached hydrogens (tertiary/aromatic N) is 2. The summed E-state index contributed by atoms with van der Waals surface area (Å²) in [5.41, 5.74) is 1.37. The van der Waals surface area contributed by atoms with Gasteiger partial charge in [0.15, 0.2) is 0 Å². The summed E-state index contributed by atoms with van der Waals surface area (Å²) in [5.74, 6) is -1.67. The Bertz CT molecular complexity index is 1080. The first-order chi connectivity index (χ1) is 13.4. The van der Waals surface area contributed by atoms with Gasteiger partial charge in [-0.15, -0.1) is 0 Å². The van der Waals surface area contributed by atoms with Gasteiger partial charge in [-0.2, -0.15) is 0 Å². The number of likely N-dealkylation sites (N-methyl/N-ethyl adjacent to an activating group) is 1. The van der Waals surface area contributed by atoms with E-state index >= 15 is 4.39 Å². The van der Waals surface area contributed by atoms with E-state index in [-0.39, 0.29) is 16.3 Å². The number of carboxylic acid groups (broad SMARTS) is 1. The molecule has 3 aliphatic heterocycles. The average molecular weight is 403 g/mol. The smallest absolute Gasteiger partial charge is 0.342 e. The molecule has 1 saturated heterocycles. The molecule has 1 aromatic carbocycles. The highest BCUT2D eigenvalue weighted by Gasteiger charge is 2.39. The van der Waals surface area contributed by atoms with Gasteiger partial charge in [0.2, 0.25) is 5.43 Å². The first-order valence-electron chi connectivity index (χ1n) is 9.69. The largest absolute Gasteiger partial charge is 0.477 e. The van der Waals surface area contributed by atoms with E-state index in [0.717, 1.165) is 36.9 Å². The van der Waals surface area contributed by atoms with E-state index in [2.05, 4.69) is 10.2 Å². The summed E-state index contributed by atoms with van der Waals surface area (Å²) < 4.78 is 17.3. The second kappa shape index (κ2) is 6.22. The van der Waals surface area contributed by atoms with Gasteiger partial charge in [-0.3, -0.25) is 4.79 Å². The van der Waals surface area contributed by atoms with Gasteiger partial charge in [-0.1, -0.05) is 11.8 Å². The highest BCUT2D eigenvalue weighted by molar-refractivity contribution is 8.00. The predicted molar refractivity (Wildman–Crippen MR) is 107 cm³/mol. The lowest BCUT2D eigenvalue weighted by Gasteiger charge is -2.35. The number of rotatable bonds is 2. The maximum Gasteiger partial charge on any atom is 0.342 e. The Balaban J connectivity index is 1.84. The highest BCUT2D eigenvalue weighted by Crippen LogP contribution is 2.49. The molecule has 0 spiro atoms. The van der Waals surface area contributed by atoms with Gasteiger partial charge in [0.25, 0.3) is 0 Å². The number of hydrogen-bond donors (Lipinski definition) is 2. The van der Waals surface area contributed by atoms with E-state index in [4.69, 9.17) is 0 Å². The molecule has 8 heteroatoms. The molecule has 3 aliphatic rings. The minimum absolute atomic E-state index is 0.0217. The molecule has 0 aliphatic carbocycles. The van der Waals surface area contributed by atoms with Gasteiger partial charge in [0.05, 0.1) is 27.0 Å². The molecule has 6 nitrogen and oxygen atoms in total. The second-order valence-electron chi connectivity index (χ2n) is 7.90. The van der Waals surface area contributed by atoms with Crippen molar-refractivity contribution >= 4 is 34.3 Å². The van der Waals surface area contributed by atoms with Crippen LogP contribution in [0.3, 0.4) is 0 Å². The van der Waals surface area contributed by atoms with E-state index in [0.29, 0.717) is 29.2 Å². The van der Waals surface area contributed by atoms with E-state index in [1.165, 1.54) is 17.8 Å². The number of hydrogen-bond acceptors (Lipinski definition) is 5. The number of nitrogens with one attached hydrogen (secondary N) is 1.